The summed E-state index contributed by atoms with van der Waals surface area (Å²) >= 11 is 0. The maximum Gasteiger partial charge on any atom is 0.344 e. The van der Waals surface area contributed by atoms with Gasteiger partial charge in [0.05, 0.1) is 6.08 Å². The van der Waals surface area contributed by atoms with Crippen LogP contribution in [0.3, 0.4) is 0 Å². The Labute approximate surface area is 102 Å². The molecule has 7 nitrogen and oxygen atoms in total. The SMILES string of the molecule is CC(=O)OC1(OC(C)=O)C=C2OCOC2=CC1=O. The van der Waals surface area contributed by atoms with E-state index < -0.39 is 23.5 Å². The van der Waals surface area contributed by atoms with E-state index in [1.807, 2.05) is 0 Å². The van der Waals surface area contributed by atoms with Gasteiger partial charge in [0, 0.05) is 19.9 Å². The lowest BCUT2D eigenvalue weighted by atomic mass is 10.0. The van der Waals surface area contributed by atoms with Gasteiger partial charge in [-0.25, -0.2) is 0 Å². The third-order valence-electron chi connectivity index (χ3n) is 2.19. The Balaban J connectivity index is 2.40. The zero-order chi connectivity index (χ0) is 13.3. The van der Waals surface area contributed by atoms with Crippen LogP contribution < -0.4 is 0 Å². The van der Waals surface area contributed by atoms with Gasteiger partial charge < -0.3 is 18.9 Å². The molecule has 0 aromatic rings. The molecule has 0 amide bonds. The van der Waals surface area contributed by atoms with E-state index in [1.54, 1.807) is 0 Å². The van der Waals surface area contributed by atoms with Gasteiger partial charge in [0.1, 0.15) is 0 Å². The van der Waals surface area contributed by atoms with Gasteiger partial charge in [0.25, 0.3) is 0 Å². The molecule has 0 spiro atoms. The monoisotopic (exact) mass is 254 g/mol. The molecular formula is C11H10O7. The summed E-state index contributed by atoms with van der Waals surface area (Å²) in [7, 11) is 0. The predicted molar refractivity (Wildman–Crippen MR) is 54.5 cm³/mol. The highest BCUT2D eigenvalue weighted by molar-refractivity contribution is 6.02. The molecule has 2 aliphatic rings. The number of hydrogen-bond acceptors (Lipinski definition) is 7. The van der Waals surface area contributed by atoms with Crippen molar-refractivity contribution in [1.29, 1.82) is 0 Å². The van der Waals surface area contributed by atoms with Gasteiger partial charge in [0.15, 0.2) is 11.5 Å². The molecule has 0 N–H and O–H groups in total. The summed E-state index contributed by atoms with van der Waals surface area (Å²) in [4.78, 5) is 34.0. The first-order valence-corrected chi connectivity index (χ1v) is 5.07. The normalized spacial score (nSPS) is 19.8. The average Bonchev–Trinajstić information content (AvgIpc) is 2.63. The molecule has 1 heterocycles. The van der Waals surface area contributed by atoms with E-state index in [0.717, 1.165) is 26.0 Å². The van der Waals surface area contributed by atoms with Crippen molar-refractivity contribution in [3.05, 3.63) is 23.7 Å². The lowest BCUT2D eigenvalue weighted by Gasteiger charge is -2.28. The summed E-state index contributed by atoms with van der Waals surface area (Å²) in [6.45, 7) is 2.14. The Hall–Kier alpha value is -2.31. The van der Waals surface area contributed by atoms with E-state index in [1.165, 1.54) is 0 Å². The van der Waals surface area contributed by atoms with Gasteiger partial charge >= 0.3 is 17.7 Å². The van der Waals surface area contributed by atoms with Gasteiger partial charge in [-0.05, 0) is 0 Å². The summed E-state index contributed by atoms with van der Waals surface area (Å²) in [6.07, 6.45) is 2.18. The van der Waals surface area contributed by atoms with Crippen LogP contribution in [0.1, 0.15) is 13.8 Å². The number of esters is 2. The Morgan fingerprint density at radius 3 is 2.28 bits per heavy atom. The van der Waals surface area contributed by atoms with Gasteiger partial charge in [0.2, 0.25) is 12.6 Å². The number of hydrogen-bond donors (Lipinski definition) is 0. The Morgan fingerprint density at radius 2 is 1.72 bits per heavy atom. The lowest BCUT2D eigenvalue weighted by molar-refractivity contribution is -0.208. The van der Waals surface area contributed by atoms with Gasteiger partial charge in [-0.2, -0.15) is 0 Å². The van der Waals surface area contributed by atoms with Gasteiger partial charge in [-0.1, -0.05) is 0 Å². The number of ketones is 1. The second kappa shape index (κ2) is 4.17. The van der Waals surface area contributed by atoms with E-state index >= 15 is 0 Å². The smallest absolute Gasteiger partial charge is 0.344 e. The van der Waals surface area contributed by atoms with Gasteiger partial charge in [-0.3, -0.25) is 14.4 Å². The van der Waals surface area contributed by atoms with Crippen molar-refractivity contribution < 1.29 is 33.3 Å². The van der Waals surface area contributed by atoms with E-state index in [0.29, 0.717) is 0 Å². The van der Waals surface area contributed by atoms with E-state index in [-0.39, 0.29) is 18.3 Å². The molecule has 7 heteroatoms. The maximum atomic E-state index is 11.9. The minimum Gasteiger partial charge on any atom is -0.454 e. The molecule has 0 atom stereocenters. The molecule has 18 heavy (non-hydrogen) atoms. The molecule has 0 radical (unpaired) electrons. The fourth-order valence-electron chi connectivity index (χ4n) is 1.60. The highest BCUT2D eigenvalue weighted by Crippen LogP contribution is 2.32. The van der Waals surface area contributed by atoms with Crippen LogP contribution in [0.4, 0.5) is 0 Å². The molecular weight excluding hydrogens is 244 g/mol. The highest BCUT2D eigenvalue weighted by atomic mass is 16.7. The minimum atomic E-state index is -2.11. The van der Waals surface area contributed by atoms with Crippen LogP contribution in [0.2, 0.25) is 0 Å². The zero-order valence-corrected chi connectivity index (χ0v) is 9.72. The number of carbonyl (C=O) groups excluding carboxylic acids is 3. The van der Waals surface area contributed by atoms with Crippen LogP contribution in [-0.4, -0.2) is 30.3 Å². The molecule has 0 unspecified atom stereocenters. The van der Waals surface area contributed by atoms with Crippen LogP contribution >= 0.6 is 0 Å². The van der Waals surface area contributed by atoms with E-state index in [9.17, 15) is 14.4 Å². The van der Waals surface area contributed by atoms with Crippen LogP contribution in [0.5, 0.6) is 0 Å². The van der Waals surface area contributed by atoms with Crippen molar-refractivity contribution in [2.24, 2.45) is 0 Å². The molecule has 1 saturated heterocycles. The molecule has 0 saturated carbocycles. The first kappa shape index (κ1) is 12.2. The highest BCUT2D eigenvalue weighted by Gasteiger charge is 2.47. The number of ether oxygens (including phenoxy) is 4. The Kier molecular flexibility index (Phi) is 2.82. The summed E-state index contributed by atoms with van der Waals surface area (Å²) in [5.41, 5.74) is 0. The zero-order valence-electron chi connectivity index (χ0n) is 9.72. The molecule has 1 aliphatic heterocycles. The average molecular weight is 254 g/mol. The largest absolute Gasteiger partial charge is 0.454 e. The maximum absolute atomic E-state index is 11.9. The van der Waals surface area contributed by atoms with Crippen molar-refractivity contribution >= 4 is 17.7 Å². The third-order valence-corrected chi connectivity index (χ3v) is 2.19. The molecule has 2 rings (SSSR count). The Morgan fingerprint density at radius 1 is 1.17 bits per heavy atom. The summed E-state index contributed by atoms with van der Waals surface area (Å²) in [6, 6.07) is 0. The van der Waals surface area contributed by atoms with Crippen LogP contribution in [0.15, 0.2) is 23.7 Å². The second-order valence-corrected chi connectivity index (χ2v) is 3.64. The number of rotatable bonds is 2. The fraction of sp³-hybridized carbons (Fsp3) is 0.364. The van der Waals surface area contributed by atoms with E-state index in [4.69, 9.17) is 18.9 Å². The Bertz CT molecular complexity index is 470. The lowest BCUT2D eigenvalue weighted by Crippen LogP contribution is -2.46. The number of fused-ring (bicyclic) bond motifs is 1. The number of carbonyl (C=O) groups is 3. The first-order valence-electron chi connectivity index (χ1n) is 5.07. The molecule has 96 valence electrons. The van der Waals surface area contributed by atoms with Crippen LogP contribution in [0.25, 0.3) is 0 Å². The minimum absolute atomic E-state index is 0.0544. The molecule has 1 aliphatic carbocycles. The molecule has 0 aromatic carbocycles. The van der Waals surface area contributed by atoms with Crippen LogP contribution in [0, 0.1) is 0 Å². The predicted octanol–water partition coefficient (Wildman–Crippen LogP) is 0.164. The summed E-state index contributed by atoms with van der Waals surface area (Å²) in [5, 5.41) is 0. The van der Waals surface area contributed by atoms with Crippen molar-refractivity contribution in [2.75, 3.05) is 6.79 Å². The van der Waals surface area contributed by atoms with Crippen LogP contribution in [-0.2, 0) is 33.3 Å². The quantitative estimate of drug-likeness (QED) is 0.512. The summed E-state index contributed by atoms with van der Waals surface area (Å²) < 4.78 is 19.7. The van der Waals surface area contributed by atoms with Crippen molar-refractivity contribution in [3.8, 4) is 0 Å². The molecule has 0 bridgehead atoms. The van der Waals surface area contributed by atoms with Crippen molar-refractivity contribution in [2.45, 2.75) is 19.6 Å². The molecule has 0 aromatic heterocycles. The first-order chi connectivity index (χ1) is 8.43. The fourth-order valence-corrected chi connectivity index (χ4v) is 1.60. The third kappa shape index (κ3) is 2.06. The van der Waals surface area contributed by atoms with Crippen molar-refractivity contribution in [1.82, 2.24) is 0 Å². The van der Waals surface area contributed by atoms with Gasteiger partial charge in [-0.15, -0.1) is 0 Å². The standard InChI is InChI=1S/C11H10O7/c1-6(12)17-11(18-7(2)13)4-9-8(3-10(11)14)15-5-16-9/h3-4H,5H2,1-2H3. The topological polar surface area (TPSA) is 88.1 Å². The summed E-state index contributed by atoms with van der Waals surface area (Å²) in [5.74, 6) is -3.96. The second-order valence-electron chi connectivity index (χ2n) is 3.64. The molecule has 1 fully saturated rings. The van der Waals surface area contributed by atoms with E-state index in [2.05, 4.69) is 0 Å². The van der Waals surface area contributed by atoms with Crippen molar-refractivity contribution in [3.63, 3.8) is 0 Å².